The number of nitrogens with one attached hydrogen (secondary N) is 1. The average molecular weight is 560 g/mol. The fourth-order valence-electron chi connectivity index (χ4n) is 3.39. The number of aromatic nitrogens is 2. The number of amides is 1. The second-order valence-electron chi connectivity index (χ2n) is 7.85. The van der Waals surface area contributed by atoms with Crippen LogP contribution in [0.2, 0.25) is 5.02 Å². The average Bonchev–Trinajstić information content (AvgIpc) is 3.37. The van der Waals surface area contributed by atoms with Crippen molar-refractivity contribution in [3.8, 4) is 11.5 Å². The normalized spacial score (nSPS) is 10.9. The highest BCUT2D eigenvalue weighted by atomic mass is 79.9. The Morgan fingerprint density at radius 2 is 1.94 bits per heavy atom. The predicted octanol–water partition coefficient (Wildman–Crippen LogP) is 6.82. The second-order valence-corrected chi connectivity index (χ2v) is 9.05. The van der Waals surface area contributed by atoms with E-state index in [9.17, 15) is 14.9 Å². The Morgan fingerprint density at radius 1 is 1.17 bits per heavy atom. The number of benzene rings is 2. The van der Waals surface area contributed by atoms with E-state index in [-0.39, 0.29) is 22.9 Å². The van der Waals surface area contributed by atoms with Crippen LogP contribution in [0, 0.1) is 30.9 Å². The minimum absolute atomic E-state index is 0.0582. The molecule has 11 heteroatoms. The first-order chi connectivity index (χ1) is 16.6. The van der Waals surface area contributed by atoms with E-state index in [1.54, 1.807) is 28.9 Å². The molecule has 1 amide bonds. The van der Waals surface area contributed by atoms with Gasteiger partial charge in [-0.05, 0) is 72.6 Å². The van der Waals surface area contributed by atoms with Crippen molar-refractivity contribution in [1.29, 1.82) is 0 Å². The van der Waals surface area contributed by atoms with Gasteiger partial charge in [0.1, 0.15) is 17.3 Å². The summed E-state index contributed by atoms with van der Waals surface area (Å²) in [5, 5.41) is 19.1. The van der Waals surface area contributed by atoms with Gasteiger partial charge in [-0.2, -0.15) is 5.10 Å². The fraction of sp³-hybridized carbons (Fsp3) is 0.167. The van der Waals surface area contributed by atoms with Gasteiger partial charge in [0, 0.05) is 17.2 Å². The first-order valence-electron chi connectivity index (χ1n) is 10.4. The molecule has 0 bridgehead atoms. The standard InChI is InChI=1S/C24H20BrClN4O5/c1-13-8-18(4-6-21(13)26)34-20-10-16(9-17(11-20)30(32)33)27-24(31)22-7-5-19(35-22)12-29-15(3)23(25)14(2)28-29/h4-11H,12H2,1-3H3,(H,27,31). The summed E-state index contributed by atoms with van der Waals surface area (Å²) in [6, 6.07) is 12.3. The van der Waals surface area contributed by atoms with Crippen molar-refractivity contribution in [2.45, 2.75) is 27.3 Å². The lowest BCUT2D eigenvalue weighted by molar-refractivity contribution is -0.384. The summed E-state index contributed by atoms with van der Waals surface area (Å²) in [6.07, 6.45) is 0. The van der Waals surface area contributed by atoms with Crippen LogP contribution in [0.25, 0.3) is 0 Å². The summed E-state index contributed by atoms with van der Waals surface area (Å²) in [5.41, 5.74) is 2.53. The van der Waals surface area contributed by atoms with Crippen molar-refractivity contribution < 1.29 is 18.9 Å². The third-order valence-corrected chi connectivity index (χ3v) is 6.78. The molecule has 35 heavy (non-hydrogen) atoms. The quantitative estimate of drug-likeness (QED) is 0.196. The van der Waals surface area contributed by atoms with Crippen LogP contribution in [0.3, 0.4) is 0 Å². The van der Waals surface area contributed by atoms with E-state index < -0.39 is 10.8 Å². The molecule has 0 saturated carbocycles. The molecule has 2 aromatic heterocycles. The van der Waals surface area contributed by atoms with E-state index in [1.807, 2.05) is 20.8 Å². The number of ether oxygens (including phenoxy) is 1. The molecule has 180 valence electrons. The molecule has 9 nitrogen and oxygen atoms in total. The van der Waals surface area contributed by atoms with Crippen LogP contribution < -0.4 is 10.1 Å². The number of carbonyl (C=O) groups excluding carboxylic acids is 1. The number of nitro benzene ring substituents is 1. The van der Waals surface area contributed by atoms with Gasteiger partial charge in [-0.1, -0.05) is 11.6 Å². The summed E-state index contributed by atoms with van der Waals surface area (Å²) < 4.78 is 14.1. The van der Waals surface area contributed by atoms with Gasteiger partial charge < -0.3 is 14.5 Å². The molecule has 2 aromatic carbocycles. The SMILES string of the molecule is Cc1cc(Oc2cc(NC(=O)c3ccc(Cn4nc(C)c(Br)c4C)o3)cc([N+](=O)[O-])c2)ccc1Cl. The number of aryl methyl sites for hydroxylation is 2. The Labute approximate surface area is 213 Å². The lowest BCUT2D eigenvalue weighted by Gasteiger charge is -2.10. The Kier molecular flexibility index (Phi) is 6.95. The number of rotatable bonds is 7. The third kappa shape index (κ3) is 5.55. The maximum atomic E-state index is 12.8. The van der Waals surface area contributed by atoms with Crippen molar-refractivity contribution in [2.75, 3.05) is 5.32 Å². The Morgan fingerprint density at radius 3 is 2.60 bits per heavy atom. The highest BCUT2D eigenvalue weighted by molar-refractivity contribution is 9.10. The van der Waals surface area contributed by atoms with Crippen LogP contribution in [-0.2, 0) is 6.54 Å². The molecule has 0 spiro atoms. The monoisotopic (exact) mass is 558 g/mol. The molecule has 0 saturated heterocycles. The van der Waals surface area contributed by atoms with Gasteiger partial charge in [0.05, 0.1) is 39.1 Å². The van der Waals surface area contributed by atoms with Gasteiger partial charge in [-0.15, -0.1) is 0 Å². The van der Waals surface area contributed by atoms with Gasteiger partial charge in [0.2, 0.25) is 0 Å². The molecule has 0 fully saturated rings. The number of nitro groups is 1. The minimum Gasteiger partial charge on any atom is -0.457 e. The van der Waals surface area contributed by atoms with Crippen molar-refractivity contribution in [3.63, 3.8) is 0 Å². The Bertz CT molecular complexity index is 1450. The van der Waals surface area contributed by atoms with Crippen molar-refractivity contribution in [1.82, 2.24) is 9.78 Å². The highest BCUT2D eigenvalue weighted by Gasteiger charge is 2.17. The summed E-state index contributed by atoms with van der Waals surface area (Å²) in [7, 11) is 0. The number of carbonyl (C=O) groups is 1. The molecule has 4 aromatic rings. The van der Waals surface area contributed by atoms with Crippen molar-refractivity contribution >= 4 is 44.8 Å². The maximum absolute atomic E-state index is 12.8. The van der Waals surface area contributed by atoms with Gasteiger partial charge in [-0.3, -0.25) is 19.6 Å². The van der Waals surface area contributed by atoms with Crippen LogP contribution in [0.1, 0.15) is 33.3 Å². The molecular formula is C24H20BrClN4O5. The van der Waals surface area contributed by atoms with Crippen LogP contribution >= 0.6 is 27.5 Å². The largest absolute Gasteiger partial charge is 0.457 e. The molecule has 0 aliphatic carbocycles. The predicted molar refractivity (Wildman–Crippen MR) is 135 cm³/mol. The molecular weight excluding hydrogens is 540 g/mol. The van der Waals surface area contributed by atoms with E-state index in [0.29, 0.717) is 23.1 Å². The van der Waals surface area contributed by atoms with Crippen molar-refractivity contribution in [2.24, 2.45) is 0 Å². The van der Waals surface area contributed by atoms with Crippen LogP contribution in [-0.4, -0.2) is 20.6 Å². The summed E-state index contributed by atoms with van der Waals surface area (Å²) >= 11 is 9.53. The molecule has 0 atom stereocenters. The first kappa shape index (κ1) is 24.5. The van der Waals surface area contributed by atoms with E-state index >= 15 is 0 Å². The summed E-state index contributed by atoms with van der Waals surface area (Å²) in [5.74, 6) is 0.680. The zero-order valence-corrected chi connectivity index (χ0v) is 21.3. The molecule has 1 N–H and O–H groups in total. The Hall–Kier alpha value is -3.63. The zero-order chi connectivity index (χ0) is 25.3. The number of anilines is 1. The van der Waals surface area contributed by atoms with Crippen molar-refractivity contribution in [3.05, 3.63) is 96.6 Å². The number of nitrogens with zero attached hydrogens (tertiary/aromatic N) is 3. The summed E-state index contributed by atoms with van der Waals surface area (Å²) in [4.78, 5) is 23.6. The first-order valence-corrected chi connectivity index (χ1v) is 11.6. The molecule has 0 aliphatic rings. The smallest absolute Gasteiger partial charge is 0.291 e. The van der Waals surface area contributed by atoms with Gasteiger partial charge in [-0.25, -0.2) is 0 Å². The minimum atomic E-state index is -0.562. The topological polar surface area (TPSA) is 112 Å². The van der Waals surface area contributed by atoms with E-state index in [2.05, 4.69) is 26.3 Å². The molecule has 2 heterocycles. The molecule has 0 radical (unpaired) electrons. The van der Waals surface area contributed by atoms with Gasteiger partial charge >= 0.3 is 0 Å². The van der Waals surface area contributed by atoms with Crippen LogP contribution in [0.4, 0.5) is 11.4 Å². The number of halogens is 2. The van der Waals surface area contributed by atoms with E-state index in [4.69, 9.17) is 20.8 Å². The second kappa shape index (κ2) is 9.93. The van der Waals surface area contributed by atoms with Gasteiger partial charge in [0.25, 0.3) is 11.6 Å². The number of furan rings is 1. The number of hydrogen-bond donors (Lipinski definition) is 1. The highest BCUT2D eigenvalue weighted by Crippen LogP contribution is 2.31. The summed E-state index contributed by atoms with van der Waals surface area (Å²) in [6.45, 7) is 5.98. The Balaban J connectivity index is 1.53. The van der Waals surface area contributed by atoms with Crippen LogP contribution in [0.5, 0.6) is 11.5 Å². The van der Waals surface area contributed by atoms with E-state index in [1.165, 1.54) is 24.3 Å². The number of non-ortho nitro benzene ring substituents is 1. The number of hydrogen-bond acceptors (Lipinski definition) is 6. The molecule has 4 rings (SSSR count). The lowest BCUT2D eigenvalue weighted by Crippen LogP contribution is -2.11. The fourth-order valence-corrected chi connectivity index (χ4v) is 3.79. The third-order valence-electron chi connectivity index (χ3n) is 5.21. The van der Waals surface area contributed by atoms with Crippen LogP contribution in [0.15, 0.2) is 57.4 Å². The zero-order valence-electron chi connectivity index (χ0n) is 19.0. The molecule has 0 aliphatic heterocycles. The molecule has 0 unspecified atom stereocenters. The van der Waals surface area contributed by atoms with E-state index in [0.717, 1.165) is 21.4 Å². The van der Waals surface area contributed by atoms with Gasteiger partial charge in [0.15, 0.2) is 5.76 Å². The lowest BCUT2D eigenvalue weighted by atomic mass is 10.2. The maximum Gasteiger partial charge on any atom is 0.291 e.